The van der Waals surface area contributed by atoms with Crippen molar-refractivity contribution >= 4 is 23.4 Å². The van der Waals surface area contributed by atoms with E-state index in [1.165, 1.54) is 30.5 Å². The van der Waals surface area contributed by atoms with Crippen LogP contribution in [-0.4, -0.2) is 21.8 Å². The van der Waals surface area contributed by atoms with Gasteiger partial charge in [0.15, 0.2) is 5.76 Å². The number of carbonyl (C=O) groups is 1. The normalized spacial score (nSPS) is 10.5. The number of nitrogens with zero attached hydrogens (tertiary/aromatic N) is 1. The molecule has 0 fully saturated rings. The summed E-state index contributed by atoms with van der Waals surface area (Å²) in [6, 6.07) is 12.1. The van der Waals surface area contributed by atoms with Crippen LogP contribution >= 0.6 is 11.8 Å². The van der Waals surface area contributed by atoms with Crippen molar-refractivity contribution in [3.8, 4) is 17.1 Å². The fraction of sp³-hybridized carbons (Fsp3) is 0.0588. The summed E-state index contributed by atoms with van der Waals surface area (Å²) in [4.78, 5) is 16.0. The van der Waals surface area contributed by atoms with Crippen molar-refractivity contribution in [2.75, 3.05) is 11.1 Å². The summed E-state index contributed by atoms with van der Waals surface area (Å²) >= 11 is 1.16. The number of benzene rings is 2. The summed E-state index contributed by atoms with van der Waals surface area (Å²) < 4.78 is 18.5. The van der Waals surface area contributed by atoms with Crippen LogP contribution in [0.25, 0.3) is 11.3 Å². The first-order chi connectivity index (χ1) is 11.6. The van der Waals surface area contributed by atoms with Gasteiger partial charge in [0.1, 0.15) is 11.6 Å². The molecule has 122 valence electrons. The number of phenols is 1. The zero-order valence-corrected chi connectivity index (χ0v) is 13.2. The second-order valence-electron chi connectivity index (χ2n) is 4.88. The van der Waals surface area contributed by atoms with Crippen LogP contribution in [0.5, 0.6) is 5.75 Å². The second kappa shape index (κ2) is 7.18. The van der Waals surface area contributed by atoms with Crippen LogP contribution < -0.4 is 5.32 Å². The van der Waals surface area contributed by atoms with E-state index in [9.17, 15) is 14.3 Å². The van der Waals surface area contributed by atoms with Crippen LogP contribution in [0.1, 0.15) is 0 Å². The van der Waals surface area contributed by atoms with Crippen LogP contribution in [-0.2, 0) is 4.79 Å². The lowest BCUT2D eigenvalue weighted by Crippen LogP contribution is -2.13. The SMILES string of the molecule is O=C(CSc1ncc(-c2ccc(F)cc2)o1)Nc1ccc(O)cc1. The summed E-state index contributed by atoms with van der Waals surface area (Å²) in [5, 5.41) is 12.3. The molecule has 2 aromatic carbocycles. The largest absolute Gasteiger partial charge is 0.508 e. The van der Waals surface area contributed by atoms with Crippen LogP contribution in [0, 0.1) is 5.82 Å². The first kappa shape index (κ1) is 16.1. The zero-order valence-electron chi connectivity index (χ0n) is 12.4. The lowest BCUT2D eigenvalue weighted by Gasteiger charge is -2.03. The van der Waals surface area contributed by atoms with Gasteiger partial charge in [-0.3, -0.25) is 4.79 Å². The highest BCUT2D eigenvalue weighted by Gasteiger charge is 2.10. The van der Waals surface area contributed by atoms with Gasteiger partial charge in [-0.1, -0.05) is 11.8 Å². The van der Waals surface area contributed by atoms with E-state index < -0.39 is 0 Å². The highest BCUT2D eigenvalue weighted by Crippen LogP contribution is 2.25. The Morgan fingerprint density at radius 2 is 1.88 bits per heavy atom. The van der Waals surface area contributed by atoms with Crippen molar-refractivity contribution in [2.24, 2.45) is 0 Å². The van der Waals surface area contributed by atoms with E-state index in [0.717, 1.165) is 11.8 Å². The first-order valence-corrected chi connectivity index (χ1v) is 8.02. The van der Waals surface area contributed by atoms with Crippen molar-refractivity contribution in [3.05, 3.63) is 60.5 Å². The van der Waals surface area contributed by atoms with Gasteiger partial charge in [0, 0.05) is 11.3 Å². The topological polar surface area (TPSA) is 75.4 Å². The number of oxazole rings is 1. The predicted molar refractivity (Wildman–Crippen MR) is 89.4 cm³/mol. The minimum absolute atomic E-state index is 0.129. The molecule has 0 aliphatic heterocycles. The Hall–Kier alpha value is -2.80. The van der Waals surface area contributed by atoms with E-state index in [0.29, 0.717) is 22.2 Å². The highest BCUT2D eigenvalue weighted by molar-refractivity contribution is 7.99. The smallest absolute Gasteiger partial charge is 0.256 e. The number of anilines is 1. The molecule has 2 N–H and O–H groups in total. The van der Waals surface area contributed by atoms with E-state index in [1.807, 2.05) is 0 Å². The van der Waals surface area contributed by atoms with Crippen molar-refractivity contribution in [1.82, 2.24) is 4.98 Å². The minimum Gasteiger partial charge on any atom is -0.508 e. The fourth-order valence-corrected chi connectivity index (χ4v) is 2.54. The maximum absolute atomic E-state index is 12.9. The number of aromatic nitrogens is 1. The molecule has 24 heavy (non-hydrogen) atoms. The van der Waals surface area contributed by atoms with E-state index in [-0.39, 0.29) is 23.2 Å². The number of aromatic hydroxyl groups is 1. The van der Waals surface area contributed by atoms with Crippen molar-refractivity contribution < 1.29 is 18.7 Å². The van der Waals surface area contributed by atoms with E-state index in [4.69, 9.17) is 4.42 Å². The van der Waals surface area contributed by atoms with Gasteiger partial charge in [0.2, 0.25) is 5.91 Å². The number of thioether (sulfide) groups is 1. The molecule has 3 aromatic rings. The molecular weight excluding hydrogens is 331 g/mol. The Labute approximate surface area is 141 Å². The molecule has 0 spiro atoms. The third kappa shape index (κ3) is 4.14. The maximum atomic E-state index is 12.9. The standard InChI is InChI=1S/C17H13FN2O3S/c18-12-3-1-11(2-4-12)15-9-19-17(23-15)24-10-16(22)20-13-5-7-14(21)8-6-13/h1-9,21H,10H2,(H,20,22). The van der Waals surface area contributed by atoms with Gasteiger partial charge in [-0.2, -0.15) is 0 Å². The predicted octanol–water partition coefficient (Wildman–Crippen LogP) is 3.92. The molecular formula is C17H13FN2O3S. The van der Waals surface area contributed by atoms with Gasteiger partial charge in [-0.15, -0.1) is 0 Å². The number of carbonyl (C=O) groups excluding carboxylic acids is 1. The maximum Gasteiger partial charge on any atom is 0.256 e. The Bertz CT molecular complexity index is 832. The number of hydrogen-bond donors (Lipinski definition) is 2. The number of halogens is 1. The van der Waals surface area contributed by atoms with Crippen LogP contribution in [0.2, 0.25) is 0 Å². The van der Waals surface area contributed by atoms with Gasteiger partial charge >= 0.3 is 0 Å². The Balaban J connectivity index is 1.56. The van der Waals surface area contributed by atoms with Gasteiger partial charge < -0.3 is 14.8 Å². The first-order valence-electron chi connectivity index (χ1n) is 7.03. The fourth-order valence-electron chi connectivity index (χ4n) is 1.94. The molecule has 7 heteroatoms. The number of amides is 1. The number of nitrogens with one attached hydrogen (secondary N) is 1. The van der Waals surface area contributed by atoms with Crippen molar-refractivity contribution in [1.29, 1.82) is 0 Å². The van der Waals surface area contributed by atoms with Crippen LogP contribution in [0.15, 0.2) is 64.4 Å². The lowest BCUT2D eigenvalue weighted by molar-refractivity contribution is -0.113. The molecule has 0 atom stereocenters. The molecule has 3 rings (SSSR count). The van der Waals surface area contributed by atoms with Crippen molar-refractivity contribution in [2.45, 2.75) is 5.22 Å². The summed E-state index contributed by atoms with van der Waals surface area (Å²) in [5.74, 6) is 0.238. The van der Waals surface area contributed by atoms with E-state index in [2.05, 4.69) is 10.3 Å². The zero-order chi connectivity index (χ0) is 16.9. The average molecular weight is 344 g/mol. The highest BCUT2D eigenvalue weighted by atomic mass is 32.2. The Morgan fingerprint density at radius 1 is 1.17 bits per heavy atom. The Morgan fingerprint density at radius 3 is 2.58 bits per heavy atom. The van der Waals surface area contributed by atoms with Gasteiger partial charge in [0.25, 0.3) is 5.22 Å². The summed E-state index contributed by atoms with van der Waals surface area (Å²) in [5.41, 5.74) is 1.31. The molecule has 0 aliphatic carbocycles. The molecule has 0 saturated heterocycles. The third-order valence-corrected chi connectivity index (χ3v) is 3.93. The summed E-state index contributed by atoms with van der Waals surface area (Å²) in [6.07, 6.45) is 1.54. The third-order valence-electron chi connectivity index (χ3n) is 3.09. The quantitative estimate of drug-likeness (QED) is 0.542. The number of hydrogen-bond acceptors (Lipinski definition) is 5. The molecule has 5 nitrogen and oxygen atoms in total. The van der Waals surface area contributed by atoms with E-state index >= 15 is 0 Å². The molecule has 1 heterocycles. The molecule has 1 amide bonds. The Kier molecular flexibility index (Phi) is 4.81. The van der Waals surface area contributed by atoms with Crippen molar-refractivity contribution in [3.63, 3.8) is 0 Å². The molecule has 0 radical (unpaired) electrons. The van der Waals surface area contributed by atoms with Gasteiger partial charge in [-0.25, -0.2) is 9.37 Å². The van der Waals surface area contributed by atoms with Gasteiger partial charge in [-0.05, 0) is 48.5 Å². The molecule has 0 aliphatic rings. The molecule has 0 bridgehead atoms. The summed E-state index contributed by atoms with van der Waals surface area (Å²) in [7, 11) is 0. The average Bonchev–Trinajstić information content (AvgIpc) is 3.05. The number of rotatable bonds is 5. The summed E-state index contributed by atoms with van der Waals surface area (Å²) in [6.45, 7) is 0. The second-order valence-corrected chi connectivity index (χ2v) is 5.81. The van der Waals surface area contributed by atoms with Crippen LogP contribution in [0.3, 0.4) is 0 Å². The molecule has 0 saturated carbocycles. The lowest BCUT2D eigenvalue weighted by atomic mass is 10.2. The van der Waals surface area contributed by atoms with E-state index in [1.54, 1.807) is 24.3 Å². The molecule has 1 aromatic heterocycles. The minimum atomic E-state index is -0.321. The number of phenolic OH excluding ortho intramolecular Hbond substituents is 1. The molecule has 0 unspecified atom stereocenters. The monoisotopic (exact) mass is 344 g/mol. The van der Waals surface area contributed by atoms with Crippen LogP contribution in [0.4, 0.5) is 10.1 Å². The van der Waals surface area contributed by atoms with Gasteiger partial charge in [0.05, 0.1) is 11.9 Å².